The van der Waals surface area contributed by atoms with Gasteiger partial charge in [-0.25, -0.2) is 0 Å². The highest BCUT2D eigenvalue weighted by atomic mass is 15.3. The van der Waals surface area contributed by atoms with Crippen molar-refractivity contribution < 1.29 is 0 Å². The van der Waals surface area contributed by atoms with Crippen molar-refractivity contribution in [2.75, 3.05) is 13.1 Å². The third-order valence-corrected chi connectivity index (χ3v) is 3.28. The summed E-state index contributed by atoms with van der Waals surface area (Å²) >= 11 is 0. The Balaban J connectivity index is 2.31. The summed E-state index contributed by atoms with van der Waals surface area (Å²) < 4.78 is 1.95. The Morgan fingerprint density at radius 3 is 2.71 bits per heavy atom. The molecule has 5 heteroatoms. The van der Waals surface area contributed by atoms with E-state index >= 15 is 0 Å². The maximum absolute atomic E-state index is 4.63. The van der Waals surface area contributed by atoms with Gasteiger partial charge in [-0.05, 0) is 45.1 Å². The van der Waals surface area contributed by atoms with Gasteiger partial charge in [0.2, 0.25) is 0 Å². The number of nitrogens with one attached hydrogen (secondary N) is 2. The third kappa shape index (κ3) is 8.38. The van der Waals surface area contributed by atoms with Crippen LogP contribution >= 0.6 is 0 Å². The monoisotopic (exact) mass is 293 g/mol. The molecule has 1 heterocycles. The van der Waals surface area contributed by atoms with Crippen molar-refractivity contribution >= 4 is 5.96 Å². The Bertz CT molecular complexity index is 383. The summed E-state index contributed by atoms with van der Waals surface area (Å²) in [7, 11) is 0. The second-order valence-corrected chi connectivity index (χ2v) is 5.90. The molecule has 1 aromatic heterocycles. The smallest absolute Gasteiger partial charge is 0.191 e. The van der Waals surface area contributed by atoms with Crippen LogP contribution in [0.4, 0.5) is 0 Å². The van der Waals surface area contributed by atoms with Gasteiger partial charge in [-0.3, -0.25) is 9.67 Å². The Morgan fingerprint density at radius 2 is 2.10 bits per heavy atom. The largest absolute Gasteiger partial charge is 0.357 e. The zero-order valence-corrected chi connectivity index (χ0v) is 14.0. The highest BCUT2D eigenvalue weighted by Crippen LogP contribution is 2.06. The topological polar surface area (TPSA) is 54.2 Å². The van der Waals surface area contributed by atoms with Gasteiger partial charge in [0, 0.05) is 38.1 Å². The van der Waals surface area contributed by atoms with Gasteiger partial charge in [0.15, 0.2) is 5.96 Å². The molecule has 0 aromatic carbocycles. The molecule has 1 atom stereocenters. The van der Waals surface area contributed by atoms with Crippen LogP contribution in [0.1, 0.15) is 47.0 Å². The molecule has 0 aliphatic heterocycles. The van der Waals surface area contributed by atoms with E-state index in [0.29, 0.717) is 6.04 Å². The maximum atomic E-state index is 4.63. The van der Waals surface area contributed by atoms with Crippen LogP contribution in [0.5, 0.6) is 0 Å². The van der Waals surface area contributed by atoms with E-state index in [4.69, 9.17) is 0 Å². The maximum Gasteiger partial charge on any atom is 0.191 e. The molecule has 0 bridgehead atoms. The van der Waals surface area contributed by atoms with E-state index in [2.05, 4.69) is 48.4 Å². The summed E-state index contributed by atoms with van der Waals surface area (Å²) in [5.74, 6) is 1.68. The van der Waals surface area contributed by atoms with E-state index in [-0.39, 0.29) is 0 Å². The zero-order valence-electron chi connectivity index (χ0n) is 14.0. The van der Waals surface area contributed by atoms with Crippen LogP contribution in [-0.2, 0) is 6.54 Å². The number of rotatable bonds is 9. The molecule has 2 N–H and O–H groups in total. The van der Waals surface area contributed by atoms with Crippen molar-refractivity contribution in [3.63, 3.8) is 0 Å². The molecule has 120 valence electrons. The SMILES string of the molecule is CCNC(=NCCCn1cccn1)NC(C)CCC(C)C. The van der Waals surface area contributed by atoms with Gasteiger partial charge in [-0.1, -0.05) is 13.8 Å². The predicted octanol–water partition coefficient (Wildman–Crippen LogP) is 2.65. The first kappa shape index (κ1) is 17.5. The number of hydrogen-bond acceptors (Lipinski definition) is 2. The van der Waals surface area contributed by atoms with Crippen molar-refractivity contribution in [2.45, 2.75) is 59.5 Å². The van der Waals surface area contributed by atoms with Gasteiger partial charge in [0.1, 0.15) is 0 Å². The lowest BCUT2D eigenvalue weighted by Crippen LogP contribution is -2.42. The van der Waals surface area contributed by atoms with Gasteiger partial charge in [0.05, 0.1) is 0 Å². The number of hydrogen-bond donors (Lipinski definition) is 2. The molecule has 0 amide bonds. The molecule has 1 rings (SSSR count). The highest BCUT2D eigenvalue weighted by molar-refractivity contribution is 5.79. The lowest BCUT2D eigenvalue weighted by molar-refractivity contribution is 0.488. The molecule has 0 radical (unpaired) electrons. The number of aryl methyl sites for hydroxylation is 1. The molecule has 0 saturated heterocycles. The lowest BCUT2D eigenvalue weighted by Gasteiger charge is -2.18. The van der Waals surface area contributed by atoms with Crippen molar-refractivity contribution in [3.8, 4) is 0 Å². The Kier molecular flexibility index (Phi) is 8.55. The minimum absolute atomic E-state index is 0.455. The second-order valence-electron chi connectivity index (χ2n) is 5.90. The minimum Gasteiger partial charge on any atom is -0.357 e. The van der Waals surface area contributed by atoms with Crippen LogP contribution in [-0.4, -0.2) is 34.9 Å². The molecular formula is C16H31N5. The van der Waals surface area contributed by atoms with E-state index in [1.54, 1.807) is 0 Å². The predicted molar refractivity (Wildman–Crippen MR) is 89.5 cm³/mol. The minimum atomic E-state index is 0.455. The van der Waals surface area contributed by atoms with E-state index in [1.165, 1.54) is 12.8 Å². The Hall–Kier alpha value is -1.52. The van der Waals surface area contributed by atoms with Crippen molar-refractivity contribution in [1.29, 1.82) is 0 Å². The molecule has 0 spiro atoms. The molecule has 0 aliphatic carbocycles. The summed E-state index contributed by atoms with van der Waals surface area (Å²) in [6.07, 6.45) is 7.22. The van der Waals surface area contributed by atoms with Gasteiger partial charge in [-0.2, -0.15) is 5.10 Å². The number of nitrogens with zero attached hydrogens (tertiary/aromatic N) is 3. The summed E-state index contributed by atoms with van der Waals surface area (Å²) in [5.41, 5.74) is 0. The van der Waals surface area contributed by atoms with Crippen LogP contribution in [0, 0.1) is 5.92 Å². The fraction of sp³-hybridized carbons (Fsp3) is 0.750. The summed E-state index contributed by atoms with van der Waals surface area (Å²) in [6, 6.07) is 2.40. The molecule has 0 aliphatic rings. The normalized spacial score (nSPS) is 13.5. The molecule has 0 fully saturated rings. The fourth-order valence-corrected chi connectivity index (χ4v) is 2.07. The van der Waals surface area contributed by atoms with E-state index in [9.17, 15) is 0 Å². The van der Waals surface area contributed by atoms with Crippen LogP contribution in [0.25, 0.3) is 0 Å². The summed E-state index contributed by atoms with van der Waals surface area (Å²) in [5, 5.41) is 11.0. The first-order valence-electron chi connectivity index (χ1n) is 8.14. The van der Waals surface area contributed by atoms with E-state index in [1.807, 2.05) is 23.1 Å². The fourth-order valence-electron chi connectivity index (χ4n) is 2.07. The van der Waals surface area contributed by atoms with Crippen molar-refractivity contribution in [2.24, 2.45) is 10.9 Å². The molecule has 1 unspecified atom stereocenters. The van der Waals surface area contributed by atoms with Gasteiger partial charge < -0.3 is 10.6 Å². The zero-order chi connectivity index (χ0) is 15.5. The average molecular weight is 293 g/mol. The summed E-state index contributed by atoms with van der Waals surface area (Å²) in [6.45, 7) is 11.5. The molecule has 0 saturated carbocycles. The molecular weight excluding hydrogens is 262 g/mol. The number of aromatic nitrogens is 2. The van der Waals surface area contributed by atoms with Crippen LogP contribution in [0.15, 0.2) is 23.5 Å². The quantitative estimate of drug-likeness (QED) is 0.418. The Morgan fingerprint density at radius 1 is 1.29 bits per heavy atom. The van der Waals surface area contributed by atoms with E-state index < -0.39 is 0 Å². The van der Waals surface area contributed by atoms with Crippen molar-refractivity contribution in [1.82, 2.24) is 20.4 Å². The first-order valence-corrected chi connectivity index (χ1v) is 8.14. The van der Waals surface area contributed by atoms with Crippen LogP contribution < -0.4 is 10.6 Å². The number of aliphatic imine (C=N–C) groups is 1. The van der Waals surface area contributed by atoms with Crippen LogP contribution in [0.3, 0.4) is 0 Å². The Labute approximate surface area is 129 Å². The van der Waals surface area contributed by atoms with Gasteiger partial charge >= 0.3 is 0 Å². The number of guanidine groups is 1. The van der Waals surface area contributed by atoms with Gasteiger partial charge in [0.25, 0.3) is 0 Å². The van der Waals surface area contributed by atoms with Crippen LogP contribution in [0.2, 0.25) is 0 Å². The molecule has 1 aromatic rings. The van der Waals surface area contributed by atoms with Crippen molar-refractivity contribution in [3.05, 3.63) is 18.5 Å². The summed E-state index contributed by atoms with van der Waals surface area (Å²) in [4.78, 5) is 4.63. The van der Waals surface area contributed by atoms with Gasteiger partial charge in [-0.15, -0.1) is 0 Å². The second kappa shape index (κ2) is 10.2. The average Bonchev–Trinajstić information content (AvgIpc) is 2.94. The van der Waals surface area contributed by atoms with E-state index in [0.717, 1.165) is 37.9 Å². The standard InChI is InChI=1S/C16H31N5/c1-5-17-16(20-15(4)9-8-14(2)3)18-10-6-12-21-13-7-11-19-21/h7,11,13-15H,5-6,8-10,12H2,1-4H3,(H2,17,18,20). The first-order chi connectivity index (χ1) is 10.1. The highest BCUT2D eigenvalue weighted by Gasteiger charge is 2.06. The third-order valence-electron chi connectivity index (χ3n) is 3.28. The molecule has 21 heavy (non-hydrogen) atoms. The molecule has 5 nitrogen and oxygen atoms in total. The lowest BCUT2D eigenvalue weighted by atomic mass is 10.0.